The van der Waals surface area contributed by atoms with Gasteiger partial charge in [-0.15, -0.1) is 0 Å². The summed E-state index contributed by atoms with van der Waals surface area (Å²) in [6.07, 6.45) is 8.66. The second-order valence-electron chi connectivity index (χ2n) is 13.8. The largest absolute Gasteiger partial charge is 0.374 e. The lowest BCUT2D eigenvalue weighted by molar-refractivity contribution is 0.269. The smallest absolute Gasteiger partial charge is 0.0739 e. The Labute approximate surface area is 253 Å². The standard InChI is InChI=1S/C37H57N3Si/c1-14-17-28(2)20-21-29(3)36(40(10)27-31(5)41(11,12)13)30(4)26-39(9)35-19-16-15-18-34(35)38-33-24-22-32(23-25-33)37(6,7)8/h14-19,22-25,27,29,36,38H,2,4,20-21,26H2,1,3,5-13H3/b17-14-,31-27+. The fraction of sp³-hybridized carbons (Fsp3) is 0.459. The van der Waals surface area contributed by atoms with Gasteiger partial charge in [-0.2, -0.15) is 0 Å². The molecule has 0 aromatic heterocycles. The number of anilines is 3. The minimum Gasteiger partial charge on any atom is -0.374 e. The topological polar surface area (TPSA) is 18.5 Å². The Hall–Kier alpha value is -2.98. The van der Waals surface area contributed by atoms with Crippen LogP contribution >= 0.6 is 0 Å². The average Bonchev–Trinajstić information content (AvgIpc) is 2.87. The molecule has 41 heavy (non-hydrogen) atoms. The van der Waals surface area contributed by atoms with E-state index in [-0.39, 0.29) is 11.5 Å². The lowest BCUT2D eigenvalue weighted by Crippen LogP contribution is -2.39. The molecule has 0 radical (unpaired) electrons. The van der Waals surface area contributed by atoms with Crippen molar-refractivity contribution in [3.8, 4) is 0 Å². The summed E-state index contributed by atoms with van der Waals surface area (Å²) in [6, 6.07) is 17.6. The van der Waals surface area contributed by atoms with Crippen LogP contribution in [0, 0.1) is 5.92 Å². The van der Waals surface area contributed by atoms with Crippen molar-refractivity contribution >= 4 is 25.1 Å². The summed E-state index contributed by atoms with van der Waals surface area (Å²) in [5, 5.41) is 5.17. The highest BCUT2D eigenvalue weighted by Gasteiger charge is 2.26. The second kappa shape index (κ2) is 14.8. The van der Waals surface area contributed by atoms with E-state index in [4.69, 9.17) is 0 Å². The summed E-state index contributed by atoms with van der Waals surface area (Å²) in [5.74, 6) is 0.434. The second-order valence-corrected chi connectivity index (χ2v) is 19.1. The Morgan fingerprint density at radius 2 is 1.61 bits per heavy atom. The van der Waals surface area contributed by atoms with Crippen LogP contribution in [-0.2, 0) is 5.41 Å². The Morgan fingerprint density at radius 1 is 1.00 bits per heavy atom. The quantitative estimate of drug-likeness (QED) is 0.138. The molecule has 0 aliphatic carbocycles. The van der Waals surface area contributed by atoms with E-state index >= 15 is 0 Å². The summed E-state index contributed by atoms with van der Waals surface area (Å²) >= 11 is 0. The van der Waals surface area contributed by atoms with Crippen LogP contribution in [0.4, 0.5) is 17.1 Å². The minimum atomic E-state index is -1.38. The van der Waals surface area contributed by atoms with Crippen LogP contribution in [0.3, 0.4) is 0 Å². The summed E-state index contributed by atoms with van der Waals surface area (Å²) in [5.41, 5.74) is 7.25. The SMILES string of the molecule is C=C(/C=C\C)CCC(C)C(C(=C)CN(C)c1ccccc1Nc1ccc(C(C)(C)C)cc1)N(C)/C=C(\C)[Si](C)(C)C. The third-order valence-electron chi connectivity index (χ3n) is 8.08. The van der Waals surface area contributed by atoms with Gasteiger partial charge in [0.25, 0.3) is 0 Å². The van der Waals surface area contributed by atoms with Crippen LogP contribution in [0.2, 0.25) is 19.6 Å². The van der Waals surface area contributed by atoms with Gasteiger partial charge in [-0.05, 0) is 79.6 Å². The molecular formula is C37H57N3Si. The van der Waals surface area contributed by atoms with Crippen LogP contribution in [0.15, 0.2) is 96.4 Å². The Kier molecular flexibility index (Phi) is 12.3. The van der Waals surface area contributed by atoms with Gasteiger partial charge < -0.3 is 15.1 Å². The zero-order valence-electron chi connectivity index (χ0n) is 27.9. The third kappa shape index (κ3) is 10.4. The molecule has 4 heteroatoms. The van der Waals surface area contributed by atoms with Crippen LogP contribution in [0.25, 0.3) is 0 Å². The molecule has 2 aromatic rings. The molecule has 2 atom stereocenters. The van der Waals surface area contributed by atoms with Crippen LogP contribution in [0.1, 0.15) is 59.9 Å². The summed E-state index contributed by atoms with van der Waals surface area (Å²) in [4.78, 5) is 4.75. The third-order valence-corrected chi connectivity index (χ3v) is 10.6. The molecule has 0 bridgehead atoms. The number of nitrogens with one attached hydrogen (secondary N) is 1. The summed E-state index contributed by atoms with van der Waals surface area (Å²) in [6.45, 7) is 30.4. The summed E-state index contributed by atoms with van der Waals surface area (Å²) < 4.78 is 0. The van der Waals surface area contributed by atoms with Crippen LogP contribution in [-0.4, -0.2) is 39.7 Å². The molecule has 0 spiro atoms. The molecule has 2 rings (SSSR count). The molecular weight excluding hydrogens is 515 g/mol. The highest BCUT2D eigenvalue weighted by atomic mass is 28.3. The molecule has 0 amide bonds. The number of rotatable bonds is 14. The van der Waals surface area contributed by atoms with E-state index in [0.29, 0.717) is 5.92 Å². The lowest BCUT2D eigenvalue weighted by Gasteiger charge is -2.37. The first-order chi connectivity index (χ1) is 19.0. The highest BCUT2D eigenvalue weighted by Crippen LogP contribution is 2.32. The number of likely N-dealkylation sites (N-methyl/N-ethyl adjacent to an activating group) is 2. The zero-order valence-corrected chi connectivity index (χ0v) is 28.9. The molecule has 0 aliphatic heterocycles. The monoisotopic (exact) mass is 571 g/mol. The molecule has 0 aliphatic rings. The molecule has 0 saturated heterocycles. The molecule has 3 nitrogen and oxygen atoms in total. The van der Waals surface area contributed by atoms with Crippen molar-refractivity contribution in [3.63, 3.8) is 0 Å². The van der Waals surface area contributed by atoms with Crippen LogP contribution in [0.5, 0.6) is 0 Å². The molecule has 0 heterocycles. The maximum Gasteiger partial charge on any atom is 0.0739 e. The van der Waals surface area contributed by atoms with Gasteiger partial charge in [0.1, 0.15) is 0 Å². The van der Waals surface area contributed by atoms with Crippen molar-refractivity contribution in [2.24, 2.45) is 5.92 Å². The van der Waals surface area contributed by atoms with E-state index in [1.165, 1.54) is 21.9 Å². The van der Waals surface area contributed by atoms with Crippen LogP contribution < -0.4 is 10.2 Å². The number of nitrogens with zero attached hydrogens (tertiary/aromatic N) is 2. The predicted octanol–water partition coefficient (Wildman–Crippen LogP) is 10.4. The van der Waals surface area contributed by atoms with Crippen molar-refractivity contribution in [2.45, 2.75) is 85.5 Å². The first-order valence-electron chi connectivity index (χ1n) is 15.1. The van der Waals surface area contributed by atoms with Crippen molar-refractivity contribution in [1.82, 2.24) is 4.90 Å². The van der Waals surface area contributed by atoms with Crippen molar-refractivity contribution < 1.29 is 0 Å². The molecule has 2 aromatic carbocycles. The van der Waals surface area contributed by atoms with Gasteiger partial charge in [0.15, 0.2) is 0 Å². The normalized spacial score (nSPS) is 14.1. The molecule has 1 N–H and O–H groups in total. The van der Waals surface area contributed by atoms with E-state index in [9.17, 15) is 0 Å². The summed E-state index contributed by atoms with van der Waals surface area (Å²) in [7, 11) is 3.02. The Bertz CT molecular complexity index is 1210. The van der Waals surface area contributed by atoms with Gasteiger partial charge in [-0.1, -0.05) is 108 Å². The number of hydrogen-bond acceptors (Lipinski definition) is 3. The molecule has 0 saturated carbocycles. The lowest BCUT2D eigenvalue weighted by atomic mass is 9.87. The molecule has 224 valence electrons. The fourth-order valence-electron chi connectivity index (χ4n) is 5.17. The van der Waals surface area contributed by atoms with Gasteiger partial charge in [-0.3, -0.25) is 0 Å². The fourth-order valence-corrected chi connectivity index (χ4v) is 5.76. The van der Waals surface area contributed by atoms with E-state index in [1.807, 2.05) is 0 Å². The first kappa shape index (κ1) is 34.2. The van der Waals surface area contributed by atoms with E-state index in [0.717, 1.165) is 36.4 Å². The van der Waals surface area contributed by atoms with Gasteiger partial charge in [-0.25, -0.2) is 0 Å². The number of allylic oxidation sites excluding steroid dienone is 4. The van der Waals surface area contributed by atoms with Gasteiger partial charge >= 0.3 is 0 Å². The zero-order chi connectivity index (χ0) is 31.0. The predicted molar refractivity (Wildman–Crippen MR) is 188 cm³/mol. The Balaban J connectivity index is 2.30. The maximum absolute atomic E-state index is 4.68. The van der Waals surface area contributed by atoms with E-state index < -0.39 is 8.07 Å². The van der Waals surface area contributed by atoms with Gasteiger partial charge in [0.2, 0.25) is 0 Å². The number of para-hydroxylation sites is 2. The number of hydrogen-bond donors (Lipinski definition) is 1. The molecule has 0 fully saturated rings. The van der Waals surface area contributed by atoms with Gasteiger partial charge in [0, 0.05) is 26.3 Å². The number of benzene rings is 2. The minimum absolute atomic E-state index is 0.139. The van der Waals surface area contributed by atoms with E-state index in [2.05, 4.69) is 170 Å². The maximum atomic E-state index is 4.68. The van der Waals surface area contributed by atoms with Crippen molar-refractivity contribution in [3.05, 3.63) is 102 Å². The molecule has 2 unspecified atom stereocenters. The van der Waals surface area contributed by atoms with Crippen molar-refractivity contribution in [2.75, 3.05) is 30.9 Å². The van der Waals surface area contributed by atoms with Crippen molar-refractivity contribution in [1.29, 1.82) is 0 Å². The van der Waals surface area contributed by atoms with E-state index in [1.54, 1.807) is 0 Å². The Morgan fingerprint density at radius 3 is 2.17 bits per heavy atom. The van der Waals surface area contributed by atoms with Gasteiger partial charge in [0.05, 0.1) is 25.5 Å². The first-order valence-corrected chi connectivity index (χ1v) is 18.6. The highest BCUT2D eigenvalue weighted by molar-refractivity contribution is 6.82. The average molecular weight is 572 g/mol.